The van der Waals surface area contributed by atoms with E-state index in [4.69, 9.17) is 9.47 Å². The number of aliphatic imine (C=N–C) groups is 1. The molecule has 2 aromatic rings. The van der Waals surface area contributed by atoms with E-state index >= 15 is 0 Å². The van der Waals surface area contributed by atoms with Crippen LogP contribution in [0.4, 0.5) is 0 Å². The van der Waals surface area contributed by atoms with E-state index in [1.54, 1.807) is 25.5 Å². The van der Waals surface area contributed by atoms with Crippen molar-refractivity contribution < 1.29 is 9.47 Å². The van der Waals surface area contributed by atoms with E-state index in [-0.39, 0.29) is 24.0 Å². The highest BCUT2D eigenvalue weighted by Crippen LogP contribution is 2.13. The summed E-state index contributed by atoms with van der Waals surface area (Å²) in [4.78, 5) is 7.86. The fourth-order valence-electron chi connectivity index (χ4n) is 2.59. The lowest BCUT2D eigenvalue weighted by molar-refractivity contribution is 0.150. The molecule has 0 radical (unpaired) electrons. The predicted molar refractivity (Wildman–Crippen MR) is 133 cm³/mol. The second kappa shape index (κ2) is 15.5. The van der Waals surface area contributed by atoms with Crippen LogP contribution in [0.5, 0.6) is 5.75 Å². The lowest BCUT2D eigenvalue weighted by atomic mass is 10.2. The van der Waals surface area contributed by atoms with Gasteiger partial charge in [-0.25, -0.2) is 0 Å². The molecule has 1 aromatic carbocycles. The number of guanidine groups is 1. The van der Waals surface area contributed by atoms with Gasteiger partial charge in [0.25, 0.3) is 0 Å². The quantitative estimate of drug-likeness (QED) is 0.250. The highest BCUT2D eigenvalue weighted by molar-refractivity contribution is 14.0. The largest absolute Gasteiger partial charge is 0.492 e. The van der Waals surface area contributed by atoms with Crippen molar-refractivity contribution in [2.45, 2.75) is 13.0 Å². The number of rotatable bonds is 12. The highest BCUT2D eigenvalue weighted by atomic mass is 127. The third kappa shape index (κ3) is 10.8. The van der Waals surface area contributed by atoms with Gasteiger partial charge in [-0.1, -0.05) is 18.2 Å². The summed E-state index contributed by atoms with van der Waals surface area (Å²) in [5.41, 5.74) is 1.16. The number of nitrogens with one attached hydrogen (secondary N) is 2. The Hall–Kier alpha value is -1.36. The van der Waals surface area contributed by atoms with E-state index in [0.29, 0.717) is 13.2 Å². The first-order valence-electron chi connectivity index (χ1n) is 9.57. The fourth-order valence-corrected chi connectivity index (χ4v) is 3.30. The van der Waals surface area contributed by atoms with E-state index in [2.05, 4.69) is 57.2 Å². The average Bonchev–Trinajstić information content (AvgIpc) is 3.23. The average molecular weight is 532 g/mol. The Kier molecular flexibility index (Phi) is 13.7. The van der Waals surface area contributed by atoms with Crippen molar-refractivity contribution in [1.82, 2.24) is 15.5 Å². The van der Waals surface area contributed by atoms with Gasteiger partial charge < -0.3 is 25.0 Å². The molecule has 0 aliphatic heterocycles. The number of methoxy groups -OCH3 is 1. The Morgan fingerprint density at radius 2 is 1.97 bits per heavy atom. The van der Waals surface area contributed by atoms with Gasteiger partial charge in [-0.3, -0.25) is 4.99 Å². The molecule has 6 nitrogen and oxygen atoms in total. The molecular weight excluding hydrogens is 499 g/mol. The zero-order chi connectivity index (χ0) is 20.0. The summed E-state index contributed by atoms with van der Waals surface area (Å²) in [5.74, 6) is 1.70. The summed E-state index contributed by atoms with van der Waals surface area (Å²) in [6.45, 7) is 4.72. The maximum absolute atomic E-state index is 5.88. The summed E-state index contributed by atoms with van der Waals surface area (Å²) in [6, 6.07) is 12.4. The molecule has 2 rings (SSSR count). The maximum Gasteiger partial charge on any atom is 0.191 e. The van der Waals surface area contributed by atoms with Crippen LogP contribution in [0.15, 0.2) is 46.8 Å². The van der Waals surface area contributed by atoms with E-state index in [1.165, 1.54) is 4.88 Å². The topological polar surface area (TPSA) is 58.1 Å². The van der Waals surface area contributed by atoms with Crippen molar-refractivity contribution in [3.63, 3.8) is 0 Å². The first-order chi connectivity index (χ1) is 13.7. The molecule has 0 amide bonds. The molecule has 162 valence electrons. The molecule has 0 fully saturated rings. The molecule has 0 spiro atoms. The minimum Gasteiger partial charge on any atom is -0.492 e. The maximum atomic E-state index is 5.88. The molecule has 29 heavy (non-hydrogen) atoms. The summed E-state index contributed by atoms with van der Waals surface area (Å²) in [5, 5.41) is 8.82. The van der Waals surface area contributed by atoms with Crippen LogP contribution < -0.4 is 15.4 Å². The number of halogens is 1. The van der Waals surface area contributed by atoms with Gasteiger partial charge in [0.05, 0.1) is 6.61 Å². The first kappa shape index (κ1) is 25.7. The monoisotopic (exact) mass is 532 g/mol. The van der Waals surface area contributed by atoms with Gasteiger partial charge in [-0.15, -0.1) is 35.3 Å². The number of ether oxygens (including phenoxy) is 2. The molecule has 0 aliphatic rings. The van der Waals surface area contributed by atoms with Gasteiger partial charge in [0, 0.05) is 45.2 Å². The zero-order valence-corrected chi connectivity index (χ0v) is 20.7. The van der Waals surface area contributed by atoms with E-state index in [0.717, 1.165) is 49.9 Å². The van der Waals surface area contributed by atoms with Crippen molar-refractivity contribution in [1.29, 1.82) is 0 Å². The third-order valence-corrected chi connectivity index (χ3v) is 5.18. The van der Waals surface area contributed by atoms with Crippen LogP contribution in [0.25, 0.3) is 0 Å². The molecular formula is C21H33IN4O2S. The lowest BCUT2D eigenvalue weighted by Gasteiger charge is -2.16. The van der Waals surface area contributed by atoms with Gasteiger partial charge in [-0.2, -0.15) is 0 Å². The number of benzene rings is 1. The van der Waals surface area contributed by atoms with Crippen LogP contribution in [0.3, 0.4) is 0 Å². The van der Waals surface area contributed by atoms with Crippen molar-refractivity contribution in [2.24, 2.45) is 4.99 Å². The number of hydrogen-bond acceptors (Lipinski definition) is 5. The summed E-state index contributed by atoms with van der Waals surface area (Å²) >= 11 is 1.78. The van der Waals surface area contributed by atoms with Gasteiger partial charge >= 0.3 is 0 Å². The molecule has 2 N–H and O–H groups in total. The van der Waals surface area contributed by atoms with Crippen LogP contribution in [-0.2, 0) is 17.7 Å². The SMILES string of the molecule is CN=C(NCCc1cccs1)NCc1cccc(OCCN(C)CCOC)c1.I. The molecule has 0 saturated carbocycles. The molecule has 0 bridgehead atoms. The standard InChI is InChI=1S/C21H32N4O2S.HI/c1-22-21(23-10-9-20-8-5-15-28-20)24-17-18-6-4-7-19(16-18)27-14-12-25(2)11-13-26-3;/h4-8,15-16H,9-14,17H2,1-3H3,(H2,22,23,24);1H. The summed E-state index contributed by atoms with van der Waals surface area (Å²) in [6.07, 6.45) is 1.00. The lowest BCUT2D eigenvalue weighted by Crippen LogP contribution is -2.37. The zero-order valence-electron chi connectivity index (χ0n) is 17.5. The molecule has 0 saturated heterocycles. The molecule has 0 unspecified atom stereocenters. The first-order valence-corrected chi connectivity index (χ1v) is 10.5. The van der Waals surface area contributed by atoms with Crippen LogP contribution >= 0.6 is 35.3 Å². The van der Waals surface area contributed by atoms with Gasteiger partial charge in [0.15, 0.2) is 5.96 Å². The smallest absolute Gasteiger partial charge is 0.191 e. The Bertz CT molecular complexity index is 698. The second-order valence-corrected chi connectivity index (χ2v) is 7.51. The van der Waals surface area contributed by atoms with Gasteiger partial charge in [0.2, 0.25) is 0 Å². The molecule has 0 atom stereocenters. The minimum atomic E-state index is 0. The summed E-state index contributed by atoms with van der Waals surface area (Å²) in [7, 11) is 5.58. The van der Waals surface area contributed by atoms with Crippen LogP contribution in [0.1, 0.15) is 10.4 Å². The Morgan fingerprint density at radius 3 is 2.69 bits per heavy atom. The van der Waals surface area contributed by atoms with Gasteiger partial charge in [0.1, 0.15) is 12.4 Å². The number of hydrogen-bond donors (Lipinski definition) is 2. The number of thiophene rings is 1. The Labute approximate surface area is 195 Å². The predicted octanol–water partition coefficient (Wildman–Crippen LogP) is 3.23. The number of nitrogens with zero attached hydrogens (tertiary/aromatic N) is 2. The highest BCUT2D eigenvalue weighted by Gasteiger charge is 2.02. The molecule has 1 heterocycles. The molecule has 8 heteroatoms. The van der Waals surface area contributed by atoms with Gasteiger partial charge in [-0.05, 0) is 42.6 Å². The fraction of sp³-hybridized carbons (Fsp3) is 0.476. The van der Waals surface area contributed by atoms with Crippen LogP contribution in [-0.4, -0.2) is 64.9 Å². The summed E-state index contributed by atoms with van der Waals surface area (Å²) < 4.78 is 11.0. The van der Waals surface area contributed by atoms with E-state index < -0.39 is 0 Å². The van der Waals surface area contributed by atoms with Crippen molar-refractivity contribution >= 4 is 41.3 Å². The van der Waals surface area contributed by atoms with Crippen molar-refractivity contribution in [3.05, 3.63) is 52.2 Å². The van der Waals surface area contributed by atoms with E-state index in [9.17, 15) is 0 Å². The van der Waals surface area contributed by atoms with E-state index in [1.807, 2.05) is 12.1 Å². The molecule has 1 aromatic heterocycles. The van der Waals surface area contributed by atoms with Crippen molar-refractivity contribution in [3.8, 4) is 5.75 Å². The number of likely N-dealkylation sites (N-methyl/N-ethyl adjacent to an activating group) is 1. The Balaban J connectivity index is 0.00000420. The molecule has 0 aliphatic carbocycles. The Morgan fingerprint density at radius 1 is 1.14 bits per heavy atom. The minimum absolute atomic E-state index is 0. The third-order valence-electron chi connectivity index (χ3n) is 4.24. The second-order valence-electron chi connectivity index (χ2n) is 6.47. The van der Waals surface area contributed by atoms with Crippen LogP contribution in [0.2, 0.25) is 0 Å². The van der Waals surface area contributed by atoms with Crippen LogP contribution in [0, 0.1) is 0 Å². The van der Waals surface area contributed by atoms with Crippen molar-refractivity contribution in [2.75, 3.05) is 54.1 Å². The normalized spacial score (nSPS) is 11.2.